The van der Waals surface area contributed by atoms with E-state index >= 15 is 0 Å². The minimum Gasteiger partial charge on any atom is -0.507 e. The summed E-state index contributed by atoms with van der Waals surface area (Å²) in [6.45, 7) is 5.10. The first-order valence-corrected chi connectivity index (χ1v) is 11.0. The Bertz CT molecular complexity index is 1340. The number of hydrogen-bond donors (Lipinski definition) is 1. The largest absolute Gasteiger partial charge is 0.507 e. The summed E-state index contributed by atoms with van der Waals surface area (Å²) in [7, 11) is 1.53. The number of ether oxygens (including phenoxy) is 2. The number of methoxy groups -OCH3 is 1. The van der Waals surface area contributed by atoms with Crippen LogP contribution in [0.3, 0.4) is 0 Å². The van der Waals surface area contributed by atoms with Crippen molar-refractivity contribution >= 4 is 29.1 Å². The van der Waals surface area contributed by atoms with Gasteiger partial charge in [-0.25, -0.2) is 0 Å². The molecule has 0 aromatic heterocycles. The number of Topliss-reactive ketones (excluding diaryl/α,β-unsaturated/α-hetero) is 1. The first-order chi connectivity index (χ1) is 16.7. The van der Waals surface area contributed by atoms with E-state index in [-0.39, 0.29) is 17.1 Å². The average molecular weight is 472 g/mol. The summed E-state index contributed by atoms with van der Waals surface area (Å²) in [5.41, 5.74) is 3.19. The SMILES string of the molecule is COc1ccc(/C(O)=C2\C(=O)C(=O)N(c3cc(C)cc(C)c3)C2c2cccc(OC(C)=O)c2)cc1. The number of esters is 1. The number of nitrogens with zero attached hydrogens (tertiary/aromatic N) is 1. The maximum atomic E-state index is 13.3. The zero-order valence-electron chi connectivity index (χ0n) is 19.9. The highest BCUT2D eigenvalue weighted by Gasteiger charge is 2.47. The molecule has 0 radical (unpaired) electrons. The molecule has 35 heavy (non-hydrogen) atoms. The van der Waals surface area contributed by atoms with Gasteiger partial charge < -0.3 is 14.6 Å². The van der Waals surface area contributed by atoms with Gasteiger partial charge in [0.15, 0.2) is 0 Å². The smallest absolute Gasteiger partial charge is 0.308 e. The van der Waals surface area contributed by atoms with Crippen LogP contribution >= 0.6 is 0 Å². The van der Waals surface area contributed by atoms with Crippen molar-refractivity contribution in [3.63, 3.8) is 0 Å². The topological polar surface area (TPSA) is 93.1 Å². The Labute approximate surface area is 203 Å². The van der Waals surface area contributed by atoms with Crippen molar-refractivity contribution in [3.05, 3.63) is 94.6 Å². The van der Waals surface area contributed by atoms with Gasteiger partial charge in [0.25, 0.3) is 11.7 Å². The molecule has 1 fully saturated rings. The van der Waals surface area contributed by atoms with E-state index in [0.29, 0.717) is 22.6 Å². The van der Waals surface area contributed by atoms with Crippen molar-refractivity contribution in [2.24, 2.45) is 0 Å². The minimum atomic E-state index is -0.936. The minimum absolute atomic E-state index is 0.0562. The van der Waals surface area contributed by atoms with Gasteiger partial charge in [-0.2, -0.15) is 0 Å². The maximum Gasteiger partial charge on any atom is 0.308 e. The summed E-state index contributed by atoms with van der Waals surface area (Å²) < 4.78 is 10.4. The monoisotopic (exact) mass is 471 g/mol. The summed E-state index contributed by atoms with van der Waals surface area (Å²) in [6, 6.07) is 17.8. The quantitative estimate of drug-likeness (QED) is 0.188. The van der Waals surface area contributed by atoms with Crippen LogP contribution in [-0.4, -0.2) is 29.9 Å². The number of carbonyl (C=O) groups is 3. The van der Waals surface area contributed by atoms with E-state index in [9.17, 15) is 19.5 Å². The number of aliphatic hydroxyl groups excluding tert-OH is 1. The van der Waals surface area contributed by atoms with Crippen molar-refractivity contribution < 1.29 is 29.0 Å². The third-order valence-corrected chi connectivity index (χ3v) is 5.73. The summed E-state index contributed by atoms with van der Waals surface area (Å²) in [4.78, 5) is 39.6. The van der Waals surface area contributed by atoms with E-state index in [1.165, 1.54) is 18.9 Å². The van der Waals surface area contributed by atoms with Gasteiger partial charge in [-0.15, -0.1) is 0 Å². The number of hydrogen-bond acceptors (Lipinski definition) is 6. The number of anilines is 1. The molecule has 1 unspecified atom stereocenters. The van der Waals surface area contributed by atoms with Crippen LogP contribution in [0.25, 0.3) is 5.76 Å². The molecule has 1 aliphatic heterocycles. The Balaban J connectivity index is 1.94. The summed E-state index contributed by atoms with van der Waals surface area (Å²) in [5, 5.41) is 11.2. The highest BCUT2D eigenvalue weighted by molar-refractivity contribution is 6.51. The number of aliphatic hydroxyl groups is 1. The van der Waals surface area contributed by atoms with Crippen molar-refractivity contribution in [2.75, 3.05) is 12.0 Å². The van der Waals surface area contributed by atoms with Gasteiger partial charge in [-0.1, -0.05) is 18.2 Å². The van der Waals surface area contributed by atoms with E-state index < -0.39 is 23.7 Å². The van der Waals surface area contributed by atoms with Gasteiger partial charge in [-0.05, 0) is 79.1 Å². The Kier molecular flexibility index (Phi) is 6.42. The molecule has 1 saturated heterocycles. The zero-order valence-corrected chi connectivity index (χ0v) is 19.9. The predicted octanol–water partition coefficient (Wildman–Crippen LogP) is 4.86. The second kappa shape index (κ2) is 9.46. The molecule has 3 aromatic carbocycles. The third-order valence-electron chi connectivity index (χ3n) is 5.73. The van der Waals surface area contributed by atoms with E-state index in [1.807, 2.05) is 32.0 Å². The molecule has 7 nitrogen and oxygen atoms in total. The highest BCUT2D eigenvalue weighted by atomic mass is 16.5. The van der Waals surface area contributed by atoms with Crippen LogP contribution in [0.15, 0.2) is 72.3 Å². The van der Waals surface area contributed by atoms with Gasteiger partial charge >= 0.3 is 5.97 Å². The Morgan fingerprint density at radius 3 is 2.17 bits per heavy atom. The fourth-order valence-corrected chi connectivity index (χ4v) is 4.32. The predicted molar refractivity (Wildman–Crippen MR) is 131 cm³/mol. The average Bonchev–Trinajstić information content (AvgIpc) is 3.08. The molecular formula is C28H25NO6. The van der Waals surface area contributed by atoms with E-state index in [0.717, 1.165) is 11.1 Å². The molecule has 7 heteroatoms. The van der Waals surface area contributed by atoms with E-state index in [1.54, 1.807) is 48.5 Å². The van der Waals surface area contributed by atoms with Gasteiger partial charge in [0.1, 0.15) is 17.3 Å². The van der Waals surface area contributed by atoms with Crippen molar-refractivity contribution in [1.29, 1.82) is 0 Å². The summed E-state index contributed by atoms with van der Waals surface area (Å²) in [5.74, 6) is -1.51. The molecule has 0 spiro atoms. The van der Waals surface area contributed by atoms with Crippen LogP contribution < -0.4 is 14.4 Å². The number of aryl methyl sites for hydroxylation is 2. The van der Waals surface area contributed by atoms with Crippen LogP contribution in [0, 0.1) is 13.8 Å². The van der Waals surface area contributed by atoms with Crippen molar-refractivity contribution in [2.45, 2.75) is 26.8 Å². The maximum absolute atomic E-state index is 13.3. The van der Waals surface area contributed by atoms with Crippen molar-refractivity contribution in [1.82, 2.24) is 0 Å². The fourth-order valence-electron chi connectivity index (χ4n) is 4.32. The lowest BCUT2D eigenvalue weighted by molar-refractivity contribution is -0.132. The molecule has 3 aromatic rings. The Hall–Kier alpha value is -4.39. The lowest BCUT2D eigenvalue weighted by Gasteiger charge is -2.26. The number of benzene rings is 3. The van der Waals surface area contributed by atoms with Gasteiger partial charge in [0, 0.05) is 18.2 Å². The third kappa shape index (κ3) is 4.66. The molecular weight excluding hydrogens is 446 g/mol. The van der Waals surface area contributed by atoms with E-state index in [2.05, 4.69) is 0 Å². The zero-order chi connectivity index (χ0) is 25.3. The van der Waals surface area contributed by atoms with E-state index in [4.69, 9.17) is 9.47 Å². The molecule has 1 amide bonds. The molecule has 4 rings (SSSR count). The van der Waals surface area contributed by atoms with Crippen LogP contribution in [0.1, 0.15) is 35.2 Å². The van der Waals surface area contributed by atoms with Gasteiger partial charge in [-0.3, -0.25) is 19.3 Å². The fraction of sp³-hybridized carbons (Fsp3) is 0.179. The molecule has 1 N–H and O–H groups in total. The summed E-state index contributed by atoms with van der Waals surface area (Å²) >= 11 is 0. The first-order valence-electron chi connectivity index (χ1n) is 11.0. The lowest BCUT2D eigenvalue weighted by Crippen LogP contribution is -2.29. The first kappa shape index (κ1) is 23.8. The van der Waals surface area contributed by atoms with Crippen LogP contribution in [0.2, 0.25) is 0 Å². The normalized spacial score (nSPS) is 16.9. The molecule has 1 aliphatic rings. The Morgan fingerprint density at radius 2 is 1.57 bits per heavy atom. The summed E-state index contributed by atoms with van der Waals surface area (Å²) in [6.07, 6.45) is 0. The van der Waals surface area contributed by atoms with Crippen LogP contribution in [-0.2, 0) is 14.4 Å². The van der Waals surface area contributed by atoms with Crippen molar-refractivity contribution in [3.8, 4) is 11.5 Å². The number of carbonyl (C=O) groups excluding carboxylic acids is 3. The highest BCUT2D eigenvalue weighted by Crippen LogP contribution is 2.43. The van der Waals surface area contributed by atoms with Gasteiger partial charge in [0.05, 0.1) is 18.7 Å². The van der Waals surface area contributed by atoms with Crippen LogP contribution in [0.5, 0.6) is 11.5 Å². The van der Waals surface area contributed by atoms with Crippen LogP contribution in [0.4, 0.5) is 5.69 Å². The molecule has 1 heterocycles. The second-order valence-corrected chi connectivity index (χ2v) is 8.41. The molecule has 0 aliphatic carbocycles. The molecule has 1 atom stereocenters. The molecule has 0 saturated carbocycles. The molecule has 0 bridgehead atoms. The number of amides is 1. The standard InChI is InChI=1S/C28H25NO6/c1-16-12-17(2)14-21(13-16)29-25(20-6-5-7-23(15-20)35-18(3)30)24(27(32)28(29)33)26(31)19-8-10-22(34-4)11-9-19/h5-15,25,31H,1-4H3/b26-24+. The van der Waals surface area contributed by atoms with Gasteiger partial charge in [0.2, 0.25) is 0 Å². The Morgan fingerprint density at radius 1 is 0.914 bits per heavy atom. The second-order valence-electron chi connectivity index (χ2n) is 8.41. The number of rotatable bonds is 5. The number of ketones is 1. The lowest BCUT2D eigenvalue weighted by atomic mass is 9.94. The molecule has 178 valence electrons.